The van der Waals surface area contributed by atoms with Gasteiger partial charge in [-0.1, -0.05) is 115 Å². The molecule has 12 heterocycles. The average molecular weight is 1460 g/mol. The van der Waals surface area contributed by atoms with Gasteiger partial charge in [0.05, 0.1) is 149 Å². The molecule has 0 radical (unpaired) electrons. The topological polar surface area (TPSA) is 246 Å². The van der Waals surface area contributed by atoms with Crippen molar-refractivity contribution in [2.75, 3.05) is 14.2 Å². The Morgan fingerprint density at radius 1 is 0.441 bits per heavy atom. The highest BCUT2D eigenvalue weighted by molar-refractivity contribution is 5.72. The number of aliphatic hydroxyl groups excluding tert-OH is 1. The minimum Gasteiger partial charge on any atom is -0.469 e. The number of carbonyl (C=O) groups excluding carboxylic acids is 5. The molecule has 0 amide bonds. The van der Waals surface area contributed by atoms with Gasteiger partial charge >= 0.3 is 29.8 Å². The monoisotopic (exact) mass is 1460 g/mol. The maximum absolute atomic E-state index is 12.2. The Bertz CT molecular complexity index is 2500. The van der Waals surface area contributed by atoms with Gasteiger partial charge in [-0.15, -0.1) is 0 Å². The molecule has 102 heavy (non-hydrogen) atoms. The van der Waals surface area contributed by atoms with Crippen LogP contribution in [0.3, 0.4) is 0 Å². The maximum Gasteiger partial charge on any atom is 0.309 e. The number of methoxy groups -OCH3 is 2. The Morgan fingerprint density at radius 3 is 1.18 bits per heavy atom. The molecule has 0 aromatic carbocycles. The van der Waals surface area contributed by atoms with Crippen molar-refractivity contribution in [3.8, 4) is 0 Å². The number of esters is 5. The van der Waals surface area contributed by atoms with Crippen LogP contribution in [-0.4, -0.2) is 181 Å². The van der Waals surface area contributed by atoms with E-state index in [2.05, 4.69) is 60.1 Å². The van der Waals surface area contributed by atoms with E-state index in [9.17, 15) is 34.2 Å². The van der Waals surface area contributed by atoms with Crippen molar-refractivity contribution in [1.29, 1.82) is 0 Å². The zero-order valence-electron chi connectivity index (χ0n) is 60.1. The molecule has 12 fully saturated rings. The summed E-state index contributed by atoms with van der Waals surface area (Å²) in [4.78, 5) is 58.6. The molecule has 12 aliphatic rings. The molecule has 0 spiro atoms. The van der Waals surface area contributed by atoms with Crippen LogP contribution < -0.4 is 0 Å². The van der Waals surface area contributed by atoms with Crippen LogP contribution in [0.15, 0.2) is 0 Å². The number of aliphatic hydroxyl groups is 2. The van der Waals surface area contributed by atoms with Crippen LogP contribution in [-0.2, 0) is 85.6 Å². The van der Waals surface area contributed by atoms with Crippen LogP contribution in [0.25, 0.3) is 0 Å². The Kier molecular flexibility index (Phi) is 39.4. The molecular formula is C82H154O20. The fraction of sp³-hybridized carbons (Fsp3) is 0.939. The minimum atomic E-state index is -1.04. The van der Waals surface area contributed by atoms with Crippen molar-refractivity contribution in [3.63, 3.8) is 0 Å². The highest BCUT2D eigenvalue weighted by Crippen LogP contribution is 2.60. The molecule has 602 valence electrons. The standard InChI is InChI=1S/C20H32O6.C19H32O4.C18H30O5.C17H28O5.8CH4/c1-6-13-18-16-8-12(20(26-16)19(18)14(7-2)25-13)15(24-11(5)21)9-17(22)23-10(3)4;1-6-12-16-14-10-11(8-9-15(20)23-19(3,4)5)18(22-14)17(16)13(7-2)21-12;1-5-11-15-13-7-10(8-18(3,20)9-14(19)21-4)17(23-13)16(15)12(6-2)22-11;1-4-11-15-13-7-9(6-10(18)8-14(19)20-3)17(22-13)16(15)12(5-2)21-11;;;;;;;;/h10,12-16,18-20H,6-9H2,1-5H3;11-14,16-18H,6-10H2,1-5H3;10-13,15-17,20H,5-9H2,1-4H3;9-13,15-18H,4-8H2,1-3H3;8*1H4. The summed E-state index contributed by atoms with van der Waals surface area (Å²) in [5.74, 6) is 3.46. The van der Waals surface area contributed by atoms with E-state index in [4.69, 9.17) is 56.8 Å². The van der Waals surface area contributed by atoms with E-state index in [1.54, 1.807) is 6.92 Å². The Balaban J connectivity index is 0.000000664. The molecule has 12 rings (SSSR count). The van der Waals surface area contributed by atoms with Gasteiger partial charge in [0, 0.05) is 66.6 Å². The van der Waals surface area contributed by atoms with Crippen LogP contribution in [0.2, 0.25) is 0 Å². The molecule has 20 nitrogen and oxygen atoms in total. The predicted molar refractivity (Wildman–Crippen MR) is 401 cm³/mol. The zero-order valence-corrected chi connectivity index (χ0v) is 60.1. The largest absolute Gasteiger partial charge is 0.469 e. The quantitative estimate of drug-likeness (QED) is 0.0673. The van der Waals surface area contributed by atoms with Gasteiger partial charge in [-0.05, 0) is 156 Å². The third kappa shape index (κ3) is 21.2. The first-order chi connectivity index (χ1) is 44.7. The van der Waals surface area contributed by atoms with Gasteiger partial charge in [-0.3, -0.25) is 24.0 Å². The number of rotatable bonds is 24. The molecule has 31 unspecified atom stereocenters. The van der Waals surface area contributed by atoms with Gasteiger partial charge in [-0.25, -0.2) is 0 Å². The summed E-state index contributed by atoms with van der Waals surface area (Å²) in [7, 11) is 2.71. The first-order valence-corrected chi connectivity index (χ1v) is 37.0. The fourth-order valence-electron chi connectivity index (χ4n) is 20.4. The summed E-state index contributed by atoms with van der Waals surface area (Å²) in [6, 6.07) is 0. The lowest BCUT2D eigenvalue weighted by molar-refractivity contribution is -0.160. The van der Waals surface area contributed by atoms with E-state index in [1.165, 1.54) is 21.1 Å². The van der Waals surface area contributed by atoms with Gasteiger partial charge in [-0.2, -0.15) is 0 Å². The molecule has 0 aromatic rings. The summed E-state index contributed by atoms with van der Waals surface area (Å²) < 4.78 is 75.8. The number of hydrogen-bond acceptors (Lipinski definition) is 20. The van der Waals surface area contributed by atoms with Crippen LogP contribution in [0.1, 0.15) is 285 Å². The van der Waals surface area contributed by atoms with Crippen molar-refractivity contribution in [2.45, 2.75) is 412 Å². The fourth-order valence-corrected chi connectivity index (χ4v) is 20.4. The molecule has 12 aliphatic heterocycles. The third-order valence-electron chi connectivity index (χ3n) is 23.6. The second kappa shape index (κ2) is 41.5. The van der Waals surface area contributed by atoms with Crippen LogP contribution in [0, 0.1) is 71.0 Å². The molecular weight excluding hydrogens is 1300 g/mol. The molecule has 0 aromatic heterocycles. The number of fused-ring (bicyclic) bond motifs is 20. The molecule has 8 bridgehead atoms. The zero-order chi connectivity index (χ0) is 68.4. The van der Waals surface area contributed by atoms with E-state index in [1.807, 2.05) is 34.6 Å². The highest BCUT2D eigenvalue weighted by Gasteiger charge is 2.67. The van der Waals surface area contributed by atoms with Crippen LogP contribution in [0.4, 0.5) is 0 Å². The van der Waals surface area contributed by atoms with Crippen molar-refractivity contribution < 1.29 is 95.8 Å². The van der Waals surface area contributed by atoms with Crippen LogP contribution >= 0.6 is 0 Å². The van der Waals surface area contributed by atoms with Gasteiger partial charge < -0.3 is 71.8 Å². The molecule has 0 saturated carbocycles. The summed E-state index contributed by atoms with van der Waals surface area (Å²) in [6.07, 6.45) is 17.5. The highest BCUT2D eigenvalue weighted by atomic mass is 16.6. The maximum atomic E-state index is 12.2. The number of ether oxygens (including phenoxy) is 13. The lowest BCUT2D eigenvalue weighted by Gasteiger charge is -2.34. The lowest BCUT2D eigenvalue weighted by atomic mass is 9.68. The number of hydrogen-bond donors (Lipinski definition) is 2. The van der Waals surface area contributed by atoms with Crippen molar-refractivity contribution in [3.05, 3.63) is 0 Å². The van der Waals surface area contributed by atoms with Gasteiger partial charge in [0.2, 0.25) is 0 Å². The second-order valence-electron chi connectivity index (χ2n) is 31.3. The van der Waals surface area contributed by atoms with Gasteiger partial charge in [0.1, 0.15) is 11.7 Å². The van der Waals surface area contributed by atoms with E-state index in [0.717, 1.165) is 83.5 Å². The Hall–Kier alpha value is -3.05. The second-order valence-corrected chi connectivity index (χ2v) is 31.3. The molecule has 0 aliphatic carbocycles. The van der Waals surface area contributed by atoms with E-state index in [0.29, 0.717) is 115 Å². The van der Waals surface area contributed by atoms with Crippen molar-refractivity contribution in [2.24, 2.45) is 71.0 Å². The van der Waals surface area contributed by atoms with Crippen molar-refractivity contribution in [1.82, 2.24) is 0 Å². The van der Waals surface area contributed by atoms with E-state index < -0.39 is 23.4 Å². The van der Waals surface area contributed by atoms with Crippen molar-refractivity contribution >= 4 is 29.8 Å². The van der Waals surface area contributed by atoms with Crippen LogP contribution in [0.5, 0.6) is 0 Å². The summed E-state index contributed by atoms with van der Waals surface area (Å²) >= 11 is 0. The summed E-state index contributed by atoms with van der Waals surface area (Å²) in [6.45, 7) is 29.9. The van der Waals surface area contributed by atoms with Gasteiger partial charge in [0.25, 0.3) is 0 Å². The van der Waals surface area contributed by atoms with Gasteiger partial charge in [0.15, 0.2) is 0 Å². The van der Waals surface area contributed by atoms with E-state index >= 15 is 0 Å². The summed E-state index contributed by atoms with van der Waals surface area (Å²) in [5, 5.41) is 20.7. The first-order valence-electron chi connectivity index (χ1n) is 37.0. The Labute approximate surface area is 620 Å². The van der Waals surface area contributed by atoms with E-state index in [-0.39, 0.29) is 188 Å². The number of carbonyl (C=O) groups is 5. The molecule has 31 atom stereocenters. The lowest BCUT2D eigenvalue weighted by Crippen LogP contribution is -2.44. The minimum absolute atomic E-state index is 0. The predicted octanol–water partition coefficient (Wildman–Crippen LogP) is 15.9. The first kappa shape index (κ1) is 97.0. The molecule has 2 N–H and O–H groups in total. The normalized spacial score (nSPS) is 38.9. The SMILES string of the molecule is C.C.C.C.C.C.C.C.CCC1OC(CC)C2C3OC(CC3C(CC(=O)OC(C)C)OC(C)=O)C12.CCC1OC(CC)C2C3OC(CC3CC(C)(O)CC(=O)OC)C12.CCC1OC(CC)C2C3OC(CC3CC(O)CC(=O)OC)C12.CCC1OC(CC)C2C3OC(CC3CCC(=O)OC(C)(C)C)C12. The third-order valence-corrected chi connectivity index (χ3v) is 23.6. The Morgan fingerprint density at radius 2 is 0.794 bits per heavy atom. The average Bonchev–Trinajstić information content (AvgIpc) is 1.60. The molecule has 12 saturated heterocycles. The smallest absolute Gasteiger partial charge is 0.309 e. The summed E-state index contributed by atoms with van der Waals surface area (Å²) in [5.41, 5.74) is -1.43. The molecule has 20 heteroatoms.